The van der Waals surface area contributed by atoms with Crippen molar-refractivity contribution in [1.29, 1.82) is 0 Å². The predicted molar refractivity (Wildman–Crippen MR) is 169 cm³/mol. The second-order valence-electron chi connectivity index (χ2n) is 10.9. The molecule has 3 aliphatic rings. The Kier molecular flexibility index (Phi) is 13.5. The zero-order valence-corrected chi connectivity index (χ0v) is 25.3. The van der Waals surface area contributed by atoms with E-state index in [-0.39, 0.29) is 18.2 Å². The fourth-order valence-corrected chi connectivity index (χ4v) is 6.10. The van der Waals surface area contributed by atoms with Crippen LogP contribution in [0.4, 0.5) is 0 Å². The van der Waals surface area contributed by atoms with E-state index in [1.54, 1.807) is 0 Å². The first-order valence-corrected chi connectivity index (χ1v) is 14.9. The number of fused-ring (bicyclic) bond motifs is 4. The van der Waals surface area contributed by atoms with Crippen molar-refractivity contribution in [3.05, 3.63) is 95.1 Å². The quantitative estimate of drug-likeness (QED) is 0.133. The molecule has 5 rings (SSSR count). The smallest absolute Gasteiger partial charge is 0.328 e. The normalized spacial score (nSPS) is 20.2. The first-order chi connectivity index (χ1) is 22.0. The van der Waals surface area contributed by atoms with Crippen molar-refractivity contribution in [3.63, 3.8) is 0 Å². The van der Waals surface area contributed by atoms with E-state index in [9.17, 15) is 19.2 Å². The van der Waals surface area contributed by atoms with Gasteiger partial charge in [0.15, 0.2) is 5.96 Å². The molecule has 2 aliphatic heterocycles. The molecule has 2 aromatic rings. The maximum atomic E-state index is 9.55. The van der Waals surface area contributed by atoms with Crippen molar-refractivity contribution in [1.82, 2.24) is 4.90 Å². The van der Waals surface area contributed by atoms with Gasteiger partial charge in [0.05, 0.1) is 12.6 Å². The van der Waals surface area contributed by atoms with E-state index in [2.05, 4.69) is 58.4 Å². The van der Waals surface area contributed by atoms with Crippen molar-refractivity contribution < 1.29 is 44.3 Å². The molecule has 0 amide bonds. The monoisotopic (exact) mass is 636 g/mol. The van der Waals surface area contributed by atoms with Gasteiger partial charge >= 0.3 is 23.9 Å². The number of hydrogen-bond acceptors (Lipinski definition) is 7. The number of aliphatic imine (C=N–C) groups is 1. The number of benzene rings is 2. The van der Waals surface area contributed by atoms with E-state index in [0.29, 0.717) is 42.9 Å². The number of ether oxygens (including phenoxy) is 1. The molecule has 1 aliphatic carbocycles. The molecule has 0 saturated carbocycles. The third-order valence-corrected chi connectivity index (χ3v) is 7.94. The topological polar surface area (TPSA) is 226 Å². The highest BCUT2D eigenvalue weighted by atomic mass is 16.5. The standard InChI is InChI=1S/C25H32N4O.2C4H4O4/c26-25(27)28-15-16-29-19-11-13-22(29)23(14-12-19)30-24-20-7-3-1-5-17(20)9-10-18-6-2-4-8-21(18)24;2*5-3(6)1-2-4(7)8/h1-8,19,22-24H,9-16H2,(H4,26,27,28);2*1-2H,(H,5,6)(H,7,8)/b;2*2-1+. The summed E-state index contributed by atoms with van der Waals surface area (Å²) in [6, 6.07) is 18.8. The molecule has 3 atom stereocenters. The average Bonchev–Trinajstić information content (AvgIpc) is 3.19. The molecule has 46 heavy (non-hydrogen) atoms. The number of hydrogen-bond donors (Lipinski definition) is 6. The van der Waals surface area contributed by atoms with Crippen LogP contribution in [0, 0.1) is 0 Å². The molecule has 13 nitrogen and oxygen atoms in total. The number of piperidine rings is 1. The molecule has 13 heteroatoms. The summed E-state index contributed by atoms with van der Waals surface area (Å²) in [5.41, 5.74) is 16.6. The molecule has 246 valence electrons. The average molecular weight is 637 g/mol. The molecule has 0 spiro atoms. The Morgan fingerprint density at radius 3 is 1.65 bits per heavy atom. The molecule has 2 heterocycles. The van der Waals surface area contributed by atoms with Gasteiger partial charge in [0.1, 0.15) is 6.10 Å². The summed E-state index contributed by atoms with van der Waals surface area (Å²) in [4.78, 5) is 45.0. The summed E-state index contributed by atoms with van der Waals surface area (Å²) >= 11 is 0. The van der Waals surface area contributed by atoms with E-state index in [1.165, 1.54) is 41.5 Å². The first kappa shape index (κ1) is 35.5. The maximum absolute atomic E-state index is 9.55. The third kappa shape index (κ3) is 10.9. The highest BCUT2D eigenvalue weighted by Gasteiger charge is 2.43. The van der Waals surface area contributed by atoms with Crippen LogP contribution in [-0.4, -0.2) is 86.4 Å². The summed E-state index contributed by atoms with van der Waals surface area (Å²) in [5.74, 6) is -4.85. The molecule has 0 aromatic heterocycles. The molecule has 2 fully saturated rings. The lowest BCUT2D eigenvalue weighted by Gasteiger charge is -2.41. The van der Waals surface area contributed by atoms with Crippen molar-refractivity contribution in [3.8, 4) is 0 Å². The number of aliphatic carboxylic acids is 4. The Morgan fingerprint density at radius 2 is 1.20 bits per heavy atom. The van der Waals surface area contributed by atoms with E-state index in [4.69, 9.17) is 36.6 Å². The molecule has 2 bridgehead atoms. The minimum absolute atomic E-state index is 0.0154. The van der Waals surface area contributed by atoms with Crippen LogP contribution in [0.15, 0.2) is 77.8 Å². The first-order valence-electron chi connectivity index (χ1n) is 14.9. The molecule has 0 radical (unpaired) electrons. The van der Waals surface area contributed by atoms with Gasteiger partial charge in [-0.1, -0.05) is 48.5 Å². The number of carbonyl (C=O) groups is 4. The Hall–Kier alpha value is -5.01. The van der Waals surface area contributed by atoms with Gasteiger partial charge in [-0.05, 0) is 60.8 Å². The van der Waals surface area contributed by atoms with E-state index in [1.807, 2.05) is 0 Å². The lowest BCUT2D eigenvalue weighted by Crippen LogP contribution is -2.49. The number of guanidine groups is 1. The maximum Gasteiger partial charge on any atom is 0.328 e. The Morgan fingerprint density at radius 1 is 0.739 bits per heavy atom. The summed E-state index contributed by atoms with van der Waals surface area (Å²) in [5, 5.41) is 31.2. The number of rotatable bonds is 9. The molecular formula is C33H40N4O9. The Bertz CT molecular complexity index is 1360. The second kappa shape index (κ2) is 17.5. The van der Waals surface area contributed by atoms with Crippen molar-refractivity contribution >= 4 is 29.8 Å². The predicted octanol–water partition coefficient (Wildman–Crippen LogP) is 2.58. The SMILES string of the molecule is NC(N)=NCCN1C2CCC(OC3c4ccccc4CCc4ccccc43)C1CC2.O=C(O)/C=C/C(=O)O.O=C(O)/C=C/C(=O)O. The minimum Gasteiger partial charge on any atom is -0.478 e. The highest BCUT2D eigenvalue weighted by Crippen LogP contribution is 2.42. The summed E-state index contributed by atoms with van der Waals surface area (Å²) < 4.78 is 7.03. The zero-order chi connectivity index (χ0) is 33.6. The molecule has 8 N–H and O–H groups in total. The Balaban J connectivity index is 0.000000299. The highest BCUT2D eigenvalue weighted by molar-refractivity contribution is 5.90. The minimum atomic E-state index is -1.26. The van der Waals surface area contributed by atoms with Crippen molar-refractivity contribution in [2.45, 2.75) is 62.8 Å². The number of nitrogens with zero attached hydrogens (tertiary/aromatic N) is 2. The van der Waals surface area contributed by atoms with Crippen LogP contribution < -0.4 is 11.5 Å². The van der Waals surface area contributed by atoms with E-state index < -0.39 is 23.9 Å². The molecular weight excluding hydrogens is 596 g/mol. The van der Waals surface area contributed by atoms with Gasteiger partial charge in [-0.3, -0.25) is 9.89 Å². The summed E-state index contributed by atoms with van der Waals surface area (Å²) in [7, 11) is 0. The van der Waals surface area contributed by atoms with Gasteiger partial charge in [0.2, 0.25) is 0 Å². The summed E-state index contributed by atoms with van der Waals surface area (Å²) in [6.45, 7) is 1.57. The summed E-state index contributed by atoms with van der Waals surface area (Å²) in [6.07, 6.45) is 9.43. The largest absolute Gasteiger partial charge is 0.478 e. The molecule has 2 saturated heterocycles. The fraction of sp³-hybridized carbons (Fsp3) is 0.364. The Labute approximate surface area is 266 Å². The number of carboxylic acid groups (broad SMARTS) is 4. The van der Waals surface area contributed by atoms with Gasteiger partial charge in [-0.2, -0.15) is 0 Å². The lowest BCUT2D eigenvalue weighted by molar-refractivity contribution is -0.134. The zero-order valence-electron chi connectivity index (χ0n) is 25.3. The number of nitrogens with two attached hydrogens (primary N) is 2. The van der Waals surface area contributed by atoms with Crippen molar-refractivity contribution in [2.75, 3.05) is 13.1 Å². The lowest BCUT2D eigenvalue weighted by atomic mass is 9.95. The van der Waals surface area contributed by atoms with Gasteiger partial charge < -0.3 is 36.6 Å². The van der Waals surface area contributed by atoms with E-state index in [0.717, 1.165) is 25.8 Å². The van der Waals surface area contributed by atoms with Gasteiger partial charge in [0.25, 0.3) is 0 Å². The molecule has 3 unspecified atom stereocenters. The number of aryl methyl sites for hydroxylation is 2. The van der Waals surface area contributed by atoms with Crippen LogP contribution in [0.1, 0.15) is 54.0 Å². The van der Waals surface area contributed by atoms with Gasteiger partial charge in [0, 0.05) is 42.9 Å². The molecule has 2 aromatic carbocycles. The van der Waals surface area contributed by atoms with Crippen molar-refractivity contribution in [2.24, 2.45) is 16.5 Å². The second-order valence-corrected chi connectivity index (χ2v) is 10.9. The number of carboxylic acids is 4. The van der Waals surface area contributed by atoms with Gasteiger partial charge in [-0.15, -0.1) is 0 Å². The fourth-order valence-electron chi connectivity index (χ4n) is 6.10. The van der Waals surface area contributed by atoms with Crippen LogP contribution in [-0.2, 0) is 36.8 Å². The van der Waals surface area contributed by atoms with Crippen LogP contribution in [0.2, 0.25) is 0 Å². The van der Waals surface area contributed by atoms with Gasteiger partial charge in [-0.25, -0.2) is 19.2 Å². The van der Waals surface area contributed by atoms with Crippen LogP contribution >= 0.6 is 0 Å². The van der Waals surface area contributed by atoms with Crippen LogP contribution in [0.3, 0.4) is 0 Å². The van der Waals surface area contributed by atoms with E-state index >= 15 is 0 Å². The third-order valence-electron chi connectivity index (χ3n) is 7.94. The van der Waals surface area contributed by atoms with Crippen LogP contribution in [0.25, 0.3) is 0 Å². The van der Waals surface area contributed by atoms with Crippen LogP contribution in [0.5, 0.6) is 0 Å².